The number of aryl methyl sites for hydroxylation is 1. The molecule has 2 rings (SSSR count). The van der Waals surface area contributed by atoms with Crippen LogP contribution in [0.1, 0.15) is 16.1 Å². The molecule has 0 aliphatic rings. The van der Waals surface area contributed by atoms with E-state index in [2.05, 4.69) is 10.4 Å². The second-order valence-corrected chi connectivity index (χ2v) is 7.19. The van der Waals surface area contributed by atoms with E-state index in [0.717, 1.165) is 10.00 Å². The summed E-state index contributed by atoms with van der Waals surface area (Å²) in [6, 6.07) is 6.14. The number of rotatable bonds is 4. The fraction of sp³-hybridized carbons (Fsp3) is 0.286. The van der Waals surface area contributed by atoms with E-state index in [9.17, 15) is 13.2 Å². The first-order valence-corrected chi connectivity index (χ1v) is 8.00. The Balaban J connectivity index is 2.28. The van der Waals surface area contributed by atoms with Gasteiger partial charge in [-0.2, -0.15) is 5.10 Å². The Hall–Kier alpha value is -2.19. The van der Waals surface area contributed by atoms with Crippen molar-refractivity contribution in [1.82, 2.24) is 14.1 Å². The predicted molar refractivity (Wildman–Crippen MR) is 83.2 cm³/mol. The molecule has 0 spiro atoms. The van der Waals surface area contributed by atoms with Gasteiger partial charge in [0.2, 0.25) is 10.0 Å². The van der Waals surface area contributed by atoms with Gasteiger partial charge >= 0.3 is 0 Å². The topological polar surface area (TPSA) is 84.3 Å². The van der Waals surface area contributed by atoms with Crippen molar-refractivity contribution < 1.29 is 13.2 Å². The third-order valence-electron chi connectivity index (χ3n) is 3.35. The van der Waals surface area contributed by atoms with Gasteiger partial charge in [-0.15, -0.1) is 0 Å². The van der Waals surface area contributed by atoms with Gasteiger partial charge in [-0.05, 0) is 25.1 Å². The molecule has 2 aromatic rings. The Morgan fingerprint density at radius 1 is 1.32 bits per heavy atom. The molecule has 1 heterocycles. The van der Waals surface area contributed by atoms with Crippen molar-refractivity contribution in [3.05, 3.63) is 41.7 Å². The number of aromatic nitrogens is 2. The van der Waals surface area contributed by atoms with Crippen LogP contribution in [0.4, 0.5) is 5.69 Å². The van der Waals surface area contributed by atoms with Crippen LogP contribution >= 0.6 is 0 Å². The number of sulfonamides is 1. The zero-order valence-electron chi connectivity index (χ0n) is 12.9. The minimum atomic E-state index is -3.54. The van der Waals surface area contributed by atoms with E-state index in [0.29, 0.717) is 11.3 Å². The van der Waals surface area contributed by atoms with Crippen LogP contribution in [0.15, 0.2) is 35.4 Å². The van der Waals surface area contributed by atoms with E-state index in [1.165, 1.54) is 32.4 Å². The molecule has 0 saturated heterocycles. The predicted octanol–water partition coefficient (Wildman–Crippen LogP) is 1.23. The van der Waals surface area contributed by atoms with Gasteiger partial charge in [0.05, 0.1) is 16.7 Å². The third-order valence-corrected chi connectivity index (χ3v) is 5.16. The third kappa shape index (κ3) is 3.02. The number of carbonyl (C=O) groups excluding carboxylic acids is 1. The number of nitrogens with zero attached hydrogens (tertiary/aromatic N) is 3. The Labute approximate surface area is 129 Å². The summed E-state index contributed by atoms with van der Waals surface area (Å²) in [5.74, 6) is -0.329. The van der Waals surface area contributed by atoms with Crippen molar-refractivity contribution in [2.75, 3.05) is 19.4 Å². The lowest BCUT2D eigenvalue weighted by molar-refractivity contribution is 0.102. The fourth-order valence-corrected chi connectivity index (χ4v) is 2.81. The monoisotopic (exact) mass is 322 g/mol. The van der Waals surface area contributed by atoms with Gasteiger partial charge in [-0.3, -0.25) is 9.48 Å². The summed E-state index contributed by atoms with van der Waals surface area (Å²) in [6.07, 6.45) is 1.48. The van der Waals surface area contributed by atoms with Gasteiger partial charge in [-0.1, -0.05) is 6.07 Å². The molecule has 22 heavy (non-hydrogen) atoms. The van der Waals surface area contributed by atoms with Gasteiger partial charge in [0.1, 0.15) is 0 Å². The van der Waals surface area contributed by atoms with E-state index in [1.807, 2.05) is 0 Å². The number of hydrogen-bond donors (Lipinski definition) is 1. The number of nitrogens with one attached hydrogen (secondary N) is 1. The van der Waals surface area contributed by atoms with E-state index in [4.69, 9.17) is 0 Å². The van der Waals surface area contributed by atoms with E-state index in [1.54, 1.807) is 30.8 Å². The molecule has 0 unspecified atom stereocenters. The first-order chi connectivity index (χ1) is 10.2. The van der Waals surface area contributed by atoms with Crippen molar-refractivity contribution in [3.63, 3.8) is 0 Å². The summed E-state index contributed by atoms with van der Waals surface area (Å²) in [6.45, 7) is 1.79. The normalized spacial score (nSPS) is 11.7. The molecule has 0 bridgehead atoms. The average Bonchev–Trinajstić information content (AvgIpc) is 2.79. The Morgan fingerprint density at radius 2 is 2.00 bits per heavy atom. The minimum absolute atomic E-state index is 0.123. The highest BCUT2D eigenvalue weighted by atomic mass is 32.2. The molecule has 8 heteroatoms. The van der Waals surface area contributed by atoms with Gasteiger partial charge in [0.15, 0.2) is 0 Å². The molecule has 0 aliphatic carbocycles. The molecule has 1 amide bonds. The highest BCUT2D eigenvalue weighted by Crippen LogP contribution is 2.19. The Bertz CT molecular complexity index is 809. The van der Waals surface area contributed by atoms with Crippen LogP contribution in [-0.4, -0.2) is 42.5 Å². The molecular formula is C14H18N4O3S. The number of hydrogen-bond acceptors (Lipinski definition) is 4. The van der Waals surface area contributed by atoms with Crippen molar-refractivity contribution >= 4 is 21.6 Å². The molecule has 0 aliphatic heterocycles. The van der Waals surface area contributed by atoms with Gasteiger partial charge in [0.25, 0.3) is 5.91 Å². The van der Waals surface area contributed by atoms with E-state index < -0.39 is 10.0 Å². The highest BCUT2D eigenvalue weighted by Gasteiger charge is 2.18. The second-order valence-electron chi connectivity index (χ2n) is 5.04. The highest BCUT2D eigenvalue weighted by molar-refractivity contribution is 7.89. The number of benzene rings is 1. The SMILES string of the molecule is Cc1c(C(=O)Nc2cccc(S(=O)(=O)N(C)C)c2)cnn1C. The van der Waals surface area contributed by atoms with Crippen LogP contribution in [0.2, 0.25) is 0 Å². The van der Waals surface area contributed by atoms with Crippen LogP contribution in [0.5, 0.6) is 0 Å². The standard InChI is InChI=1S/C14H18N4O3S/c1-10-13(9-15-18(10)4)14(19)16-11-6-5-7-12(8-11)22(20,21)17(2)3/h5-9H,1-4H3,(H,16,19). The van der Waals surface area contributed by atoms with Crippen molar-refractivity contribution in [1.29, 1.82) is 0 Å². The van der Waals surface area contributed by atoms with Gasteiger partial charge in [-0.25, -0.2) is 12.7 Å². The molecule has 0 atom stereocenters. The molecule has 1 aromatic heterocycles. The van der Waals surface area contributed by atoms with Crippen LogP contribution < -0.4 is 5.32 Å². The first kappa shape index (κ1) is 16.2. The maximum Gasteiger partial charge on any atom is 0.259 e. The molecule has 0 saturated carbocycles. The summed E-state index contributed by atoms with van der Waals surface area (Å²) in [7, 11) is 1.12. The van der Waals surface area contributed by atoms with Crippen molar-refractivity contribution in [3.8, 4) is 0 Å². The number of carbonyl (C=O) groups is 1. The summed E-state index contributed by atoms with van der Waals surface area (Å²) in [5, 5.41) is 6.70. The lowest BCUT2D eigenvalue weighted by atomic mass is 10.2. The molecular weight excluding hydrogens is 304 g/mol. The van der Waals surface area contributed by atoms with E-state index in [-0.39, 0.29) is 10.8 Å². The second kappa shape index (κ2) is 5.90. The average molecular weight is 322 g/mol. The van der Waals surface area contributed by atoms with Crippen molar-refractivity contribution in [2.45, 2.75) is 11.8 Å². The van der Waals surface area contributed by atoms with Crippen LogP contribution in [0.25, 0.3) is 0 Å². The largest absolute Gasteiger partial charge is 0.322 e. The maximum absolute atomic E-state index is 12.2. The smallest absolute Gasteiger partial charge is 0.259 e. The lowest BCUT2D eigenvalue weighted by Gasteiger charge is -2.12. The summed E-state index contributed by atoms with van der Waals surface area (Å²) in [4.78, 5) is 12.3. The summed E-state index contributed by atoms with van der Waals surface area (Å²) < 4.78 is 26.9. The zero-order chi connectivity index (χ0) is 16.5. The van der Waals surface area contributed by atoms with E-state index >= 15 is 0 Å². The zero-order valence-corrected chi connectivity index (χ0v) is 13.7. The molecule has 1 aromatic carbocycles. The molecule has 1 N–H and O–H groups in total. The lowest BCUT2D eigenvalue weighted by Crippen LogP contribution is -2.22. The van der Waals surface area contributed by atoms with Crippen molar-refractivity contribution in [2.24, 2.45) is 7.05 Å². The maximum atomic E-state index is 12.2. The fourth-order valence-electron chi connectivity index (χ4n) is 1.87. The minimum Gasteiger partial charge on any atom is -0.322 e. The quantitative estimate of drug-likeness (QED) is 0.917. The first-order valence-electron chi connectivity index (χ1n) is 6.56. The summed E-state index contributed by atoms with van der Waals surface area (Å²) in [5.41, 5.74) is 1.59. The van der Waals surface area contributed by atoms with Crippen LogP contribution in [-0.2, 0) is 17.1 Å². The number of anilines is 1. The molecule has 0 radical (unpaired) electrons. The molecule has 0 fully saturated rings. The number of amides is 1. The van der Waals surface area contributed by atoms with Crippen LogP contribution in [0, 0.1) is 6.92 Å². The van der Waals surface area contributed by atoms with Crippen LogP contribution in [0.3, 0.4) is 0 Å². The van der Waals surface area contributed by atoms with Gasteiger partial charge < -0.3 is 5.32 Å². The Morgan fingerprint density at radius 3 is 2.55 bits per heavy atom. The molecule has 7 nitrogen and oxygen atoms in total. The van der Waals surface area contributed by atoms with Gasteiger partial charge in [0, 0.05) is 32.5 Å². The summed E-state index contributed by atoms with van der Waals surface area (Å²) >= 11 is 0. The Kier molecular flexibility index (Phi) is 4.34. The molecule has 118 valence electrons.